The predicted molar refractivity (Wildman–Crippen MR) is 193 cm³/mol. The molecule has 1 saturated heterocycles. The van der Waals surface area contributed by atoms with Crippen molar-refractivity contribution in [1.29, 1.82) is 0 Å². The highest BCUT2D eigenvalue weighted by atomic mass is 35.5. The summed E-state index contributed by atoms with van der Waals surface area (Å²) >= 11 is 5.85. The van der Waals surface area contributed by atoms with Crippen LogP contribution in [0.15, 0.2) is 71.7 Å². The lowest BCUT2D eigenvalue weighted by molar-refractivity contribution is -0.135. The zero-order valence-corrected chi connectivity index (χ0v) is 29.8. The van der Waals surface area contributed by atoms with Gasteiger partial charge in [0.2, 0.25) is 0 Å². The van der Waals surface area contributed by atoms with E-state index in [2.05, 4.69) is 67.6 Å². The van der Waals surface area contributed by atoms with Crippen molar-refractivity contribution in [3.63, 3.8) is 0 Å². The number of aryl methyl sites for hydroxylation is 1. The first-order valence-corrected chi connectivity index (χ1v) is 16.9. The maximum Gasteiger partial charge on any atom is 0.260 e. The topological polar surface area (TPSA) is 74.7 Å². The predicted octanol–water partition coefficient (Wildman–Crippen LogP) is 7.48. The molecular weight excluding hydrogens is 612 g/mol. The molecule has 1 amide bonds. The third-order valence-electron chi connectivity index (χ3n) is 7.85. The van der Waals surface area contributed by atoms with Crippen molar-refractivity contribution >= 4 is 34.7 Å². The molecule has 0 spiro atoms. The van der Waals surface area contributed by atoms with E-state index in [0.717, 1.165) is 44.2 Å². The van der Waals surface area contributed by atoms with E-state index in [4.69, 9.17) is 21.1 Å². The Morgan fingerprint density at radius 1 is 0.936 bits per heavy atom. The van der Waals surface area contributed by atoms with Crippen LogP contribution in [0.3, 0.4) is 0 Å². The van der Waals surface area contributed by atoms with E-state index in [9.17, 15) is 9.59 Å². The fraction of sp³-hybridized carbons (Fsp3) is 0.447. The Morgan fingerprint density at radius 3 is 2.19 bits per heavy atom. The zero-order chi connectivity index (χ0) is 34.3. The van der Waals surface area contributed by atoms with Gasteiger partial charge in [-0.3, -0.25) is 24.4 Å². The first-order valence-electron chi connectivity index (χ1n) is 16.5. The van der Waals surface area contributed by atoms with E-state index in [1.807, 2.05) is 30.0 Å². The molecule has 1 heterocycles. The number of carbonyl (C=O) groups excluding carboxylic acids is 2. The fourth-order valence-corrected chi connectivity index (χ4v) is 5.38. The summed E-state index contributed by atoms with van der Waals surface area (Å²) in [6.07, 6.45) is 0.238. The molecule has 3 aromatic carbocycles. The maximum atomic E-state index is 12.4. The van der Waals surface area contributed by atoms with Crippen molar-refractivity contribution in [1.82, 2.24) is 14.7 Å². The van der Waals surface area contributed by atoms with Gasteiger partial charge in [0.25, 0.3) is 5.91 Å². The molecule has 3 aromatic rings. The fourth-order valence-electron chi connectivity index (χ4n) is 5.26. The Hall–Kier alpha value is -3.72. The first-order chi connectivity index (χ1) is 22.5. The largest absolute Gasteiger partial charge is 0.491 e. The van der Waals surface area contributed by atoms with Crippen LogP contribution in [0.4, 0.5) is 5.69 Å². The number of carbonyl (C=O) groups is 2. The molecule has 0 unspecified atom stereocenters. The number of piperazine rings is 1. The Labute approximate surface area is 286 Å². The third kappa shape index (κ3) is 12.8. The van der Waals surface area contributed by atoms with Gasteiger partial charge in [-0.1, -0.05) is 49.7 Å². The van der Waals surface area contributed by atoms with Crippen LogP contribution in [-0.2, 0) is 11.3 Å². The normalized spacial score (nSPS) is 13.7. The van der Waals surface area contributed by atoms with Crippen LogP contribution in [0.25, 0.3) is 0 Å². The number of hydrogen-bond donors (Lipinski definition) is 0. The van der Waals surface area contributed by atoms with Gasteiger partial charge >= 0.3 is 0 Å². The summed E-state index contributed by atoms with van der Waals surface area (Å²) in [5.41, 5.74) is 4.86. The number of aliphatic imine (C=N–C) groups is 1. The number of ketones is 1. The molecular formula is C38H51ClN4O4. The van der Waals surface area contributed by atoms with Gasteiger partial charge in [-0.25, -0.2) is 0 Å². The van der Waals surface area contributed by atoms with Crippen LogP contribution >= 0.6 is 11.6 Å². The summed E-state index contributed by atoms with van der Waals surface area (Å²) in [6.45, 7) is 20.9. The van der Waals surface area contributed by atoms with E-state index in [-0.39, 0.29) is 24.4 Å². The summed E-state index contributed by atoms with van der Waals surface area (Å²) in [6, 6.07) is 20.8. The van der Waals surface area contributed by atoms with Crippen molar-refractivity contribution in [2.75, 3.05) is 52.4 Å². The highest BCUT2D eigenvalue weighted by Gasteiger charge is 2.22. The Kier molecular flexibility index (Phi) is 15.4. The smallest absolute Gasteiger partial charge is 0.260 e. The van der Waals surface area contributed by atoms with Crippen LogP contribution in [0, 0.1) is 6.92 Å². The van der Waals surface area contributed by atoms with Gasteiger partial charge in [0, 0.05) is 55.6 Å². The average Bonchev–Trinajstić information content (AvgIpc) is 3.05. The molecule has 1 fully saturated rings. The highest BCUT2D eigenvalue weighted by Crippen LogP contribution is 2.22. The monoisotopic (exact) mass is 662 g/mol. The van der Waals surface area contributed by atoms with E-state index in [1.165, 1.54) is 11.1 Å². The number of ether oxygens (including phenoxy) is 2. The molecule has 0 bridgehead atoms. The van der Waals surface area contributed by atoms with Crippen molar-refractivity contribution < 1.29 is 19.1 Å². The number of hydrogen-bond acceptors (Lipinski definition) is 7. The number of halogens is 1. The summed E-state index contributed by atoms with van der Waals surface area (Å²) in [7, 11) is 0. The summed E-state index contributed by atoms with van der Waals surface area (Å²) in [4.78, 5) is 35.3. The molecule has 0 N–H and O–H groups in total. The van der Waals surface area contributed by atoms with Gasteiger partial charge in [0.15, 0.2) is 12.4 Å². The standard InChI is InChI=1S/C23H26ClN3O3.C15H25NO/c1-17(25-22-6-4-3-5-21(22)18(2)28)15-26-11-13-27(14-12-26)23(29)16-30-20-9-7-19(24)8-10-20;1-6-16(7-2)11-14-8-9-15(13(5)10-14)17-12(3)4/h3-10H,11-16H2,1-2H3;8-10,12H,6-7,11H2,1-5H3. The maximum absolute atomic E-state index is 12.4. The lowest BCUT2D eigenvalue weighted by Crippen LogP contribution is -2.50. The minimum atomic E-state index is -0.0228. The second-order valence-electron chi connectivity index (χ2n) is 12.0. The van der Waals surface area contributed by atoms with Crippen molar-refractivity contribution in [2.24, 2.45) is 4.99 Å². The van der Waals surface area contributed by atoms with E-state index >= 15 is 0 Å². The molecule has 8 nitrogen and oxygen atoms in total. The van der Waals surface area contributed by atoms with Crippen molar-refractivity contribution in [3.05, 3.63) is 88.4 Å². The Morgan fingerprint density at radius 2 is 1.60 bits per heavy atom. The molecule has 254 valence electrons. The van der Waals surface area contributed by atoms with E-state index in [0.29, 0.717) is 41.7 Å². The lowest BCUT2D eigenvalue weighted by atomic mass is 10.1. The number of nitrogens with zero attached hydrogens (tertiary/aromatic N) is 4. The molecule has 4 rings (SSSR count). The number of rotatable bonds is 13. The van der Waals surface area contributed by atoms with Gasteiger partial charge in [-0.15, -0.1) is 0 Å². The SMILES string of the molecule is CC(=O)c1ccccc1N=C(C)CN1CCN(C(=O)COc2ccc(Cl)cc2)CC1.CCN(CC)Cc1ccc(OC(C)C)c(C)c1. The minimum Gasteiger partial charge on any atom is -0.491 e. The van der Waals surface area contributed by atoms with Crippen LogP contribution in [0.1, 0.15) is 63.0 Å². The van der Waals surface area contributed by atoms with E-state index in [1.54, 1.807) is 37.3 Å². The van der Waals surface area contributed by atoms with E-state index < -0.39 is 0 Å². The highest BCUT2D eigenvalue weighted by molar-refractivity contribution is 6.30. The molecule has 0 atom stereocenters. The molecule has 1 aliphatic heterocycles. The molecule has 9 heteroatoms. The van der Waals surface area contributed by atoms with Crippen LogP contribution in [0.2, 0.25) is 5.02 Å². The summed E-state index contributed by atoms with van der Waals surface area (Å²) < 4.78 is 11.3. The van der Waals surface area contributed by atoms with Gasteiger partial charge in [0.05, 0.1) is 11.8 Å². The first kappa shape index (κ1) is 37.7. The van der Waals surface area contributed by atoms with Gasteiger partial charge < -0.3 is 14.4 Å². The second kappa shape index (κ2) is 19.2. The molecule has 0 radical (unpaired) electrons. The van der Waals surface area contributed by atoms with Gasteiger partial charge in [0.1, 0.15) is 11.5 Å². The third-order valence-corrected chi connectivity index (χ3v) is 8.10. The summed E-state index contributed by atoms with van der Waals surface area (Å²) in [5, 5.41) is 0.633. The summed E-state index contributed by atoms with van der Waals surface area (Å²) in [5.74, 6) is 1.62. The van der Waals surface area contributed by atoms with Gasteiger partial charge in [-0.2, -0.15) is 0 Å². The molecule has 0 aromatic heterocycles. The lowest BCUT2D eigenvalue weighted by Gasteiger charge is -2.34. The molecule has 1 aliphatic rings. The van der Waals surface area contributed by atoms with Crippen LogP contribution in [-0.4, -0.2) is 90.6 Å². The number of Topliss-reactive ketones (excluding diaryl/α,β-unsaturated/α-hetero) is 1. The number of amides is 1. The minimum absolute atomic E-state index is 0.00935. The van der Waals surface area contributed by atoms with Crippen LogP contribution < -0.4 is 9.47 Å². The van der Waals surface area contributed by atoms with Crippen molar-refractivity contribution in [3.8, 4) is 11.5 Å². The Balaban J connectivity index is 0.000000300. The molecule has 0 aliphatic carbocycles. The molecule has 0 saturated carbocycles. The van der Waals surface area contributed by atoms with Crippen molar-refractivity contribution in [2.45, 2.75) is 61.1 Å². The van der Waals surface area contributed by atoms with Crippen LogP contribution in [0.5, 0.6) is 11.5 Å². The Bertz CT molecular complexity index is 1460. The second-order valence-corrected chi connectivity index (χ2v) is 12.5. The zero-order valence-electron chi connectivity index (χ0n) is 29.1. The number of benzene rings is 3. The quantitative estimate of drug-likeness (QED) is 0.140. The average molecular weight is 663 g/mol. The number of para-hydroxylation sites is 1. The molecule has 47 heavy (non-hydrogen) atoms. The van der Waals surface area contributed by atoms with Gasteiger partial charge in [-0.05, 0) is 101 Å².